The van der Waals surface area contributed by atoms with Crippen molar-refractivity contribution < 1.29 is 9.90 Å². The third-order valence-electron chi connectivity index (χ3n) is 2.91. The molecule has 98 valence electrons. The summed E-state index contributed by atoms with van der Waals surface area (Å²) in [6.45, 7) is 11.2. The fourth-order valence-corrected chi connectivity index (χ4v) is 1.78. The molecule has 0 aromatic heterocycles. The van der Waals surface area contributed by atoms with Crippen molar-refractivity contribution >= 4 is 11.7 Å². The monoisotopic (exact) mass is 247 g/mol. The molecular formula is C15H21NO2. The van der Waals surface area contributed by atoms with Gasteiger partial charge in [-0.1, -0.05) is 18.2 Å². The maximum Gasteiger partial charge on any atom is 0.305 e. The Hall–Kier alpha value is -1.77. The van der Waals surface area contributed by atoms with E-state index in [9.17, 15) is 4.79 Å². The van der Waals surface area contributed by atoms with Crippen molar-refractivity contribution in [3.05, 3.63) is 41.5 Å². The van der Waals surface area contributed by atoms with Gasteiger partial charge in [0, 0.05) is 18.8 Å². The average molecular weight is 247 g/mol. The van der Waals surface area contributed by atoms with Gasteiger partial charge in [-0.05, 0) is 44.0 Å². The van der Waals surface area contributed by atoms with Gasteiger partial charge < -0.3 is 10.0 Å². The van der Waals surface area contributed by atoms with E-state index in [2.05, 4.69) is 37.5 Å². The van der Waals surface area contributed by atoms with E-state index in [0.29, 0.717) is 13.1 Å². The Morgan fingerprint density at radius 3 is 2.50 bits per heavy atom. The van der Waals surface area contributed by atoms with Crippen molar-refractivity contribution in [1.29, 1.82) is 0 Å². The predicted molar refractivity (Wildman–Crippen MR) is 75.2 cm³/mol. The highest BCUT2D eigenvalue weighted by Crippen LogP contribution is 2.20. The zero-order valence-corrected chi connectivity index (χ0v) is 11.4. The van der Waals surface area contributed by atoms with Crippen LogP contribution in [-0.4, -0.2) is 24.2 Å². The van der Waals surface area contributed by atoms with Gasteiger partial charge in [0.05, 0.1) is 6.42 Å². The molecule has 0 amide bonds. The summed E-state index contributed by atoms with van der Waals surface area (Å²) < 4.78 is 0. The van der Waals surface area contributed by atoms with Gasteiger partial charge in [-0.3, -0.25) is 4.79 Å². The molecule has 0 unspecified atom stereocenters. The molecule has 1 aromatic rings. The van der Waals surface area contributed by atoms with Crippen LogP contribution < -0.4 is 4.90 Å². The van der Waals surface area contributed by atoms with Crippen LogP contribution in [0.5, 0.6) is 0 Å². The molecule has 0 saturated heterocycles. The minimum Gasteiger partial charge on any atom is -0.481 e. The van der Waals surface area contributed by atoms with Gasteiger partial charge in [0.15, 0.2) is 0 Å². The van der Waals surface area contributed by atoms with Crippen LogP contribution in [0.15, 0.2) is 30.4 Å². The Morgan fingerprint density at radius 1 is 1.33 bits per heavy atom. The van der Waals surface area contributed by atoms with Crippen LogP contribution in [-0.2, 0) is 4.79 Å². The SMILES string of the molecule is C=C(C)CN(CCC(=O)O)c1ccc(C)c(C)c1. The van der Waals surface area contributed by atoms with Gasteiger partial charge in [-0.25, -0.2) is 0 Å². The molecule has 0 aliphatic heterocycles. The Bertz CT molecular complexity index is 452. The molecule has 0 heterocycles. The Kier molecular flexibility index (Phi) is 4.95. The molecule has 3 heteroatoms. The molecular weight excluding hydrogens is 226 g/mol. The van der Waals surface area contributed by atoms with E-state index in [1.54, 1.807) is 0 Å². The lowest BCUT2D eigenvalue weighted by Gasteiger charge is -2.25. The molecule has 0 fully saturated rings. The summed E-state index contributed by atoms with van der Waals surface area (Å²) in [5, 5.41) is 8.79. The molecule has 1 N–H and O–H groups in total. The number of carboxylic acid groups (broad SMARTS) is 1. The summed E-state index contributed by atoms with van der Waals surface area (Å²) in [5.74, 6) is -0.773. The van der Waals surface area contributed by atoms with Crippen LogP contribution in [0.3, 0.4) is 0 Å². The maximum atomic E-state index is 10.7. The third kappa shape index (κ3) is 4.24. The summed E-state index contributed by atoms with van der Waals surface area (Å²) in [6.07, 6.45) is 0.139. The highest BCUT2D eigenvalue weighted by molar-refractivity contribution is 5.67. The van der Waals surface area contributed by atoms with Gasteiger partial charge in [-0.2, -0.15) is 0 Å². The lowest BCUT2D eigenvalue weighted by atomic mass is 10.1. The normalized spacial score (nSPS) is 10.2. The highest BCUT2D eigenvalue weighted by atomic mass is 16.4. The second-order valence-electron chi connectivity index (χ2n) is 4.79. The third-order valence-corrected chi connectivity index (χ3v) is 2.91. The van der Waals surface area contributed by atoms with Gasteiger partial charge in [0.1, 0.15) is 0 Å². The van der Waals surface area contributed by atoms with Gasteiger partial charge in [-0.15, -0.1) is 0 Å². The molecule has 0 atom stereocenters. The molecule has 3 nitrogen and oxygen atoms in total. The summed E-state index contributed by atoms with van der Waals surface area (Å²) in [7, 11) is 0. The number of rotatable bonds is 6. The van der Waals surface area contributed by atoms with E-state index in [4.69, 9.17) is 5.11 Å². The molecule has 1 aromatic carbocycles. The Labute approximate surface area is 109 Å². The zero-order valence-electron chi connectivity index (χ0n) is 11.4. The fourth-order valence-electron chi connectivity index (χ4n) is 1.78. The number of aryl methyl sites for hydroxylation is 2. The molecule has 18 heavy (non-hydrogen) atoms. The number of benzene rings is 1. The standard InChI is InChI=1S/C15H21NO2/c1-11(2)10-16(8-7-15(17)18)14-6-5-12(3)13(4)9-14/h5-6,9H,1,7-8,10H2,2-4H3,(H,17,18). The van der Waals surface area contributed by atoms with E-state index in [-0.39, 0.29) is 6.42 Å². The number of anilines is 1. The number of hydrogen-bond donors (Lipinski definition) is 1. The van der Waals surface area contributed by atoms with Crippen molar-refractivity contribution in [1.82, 2.24) is 0 Å². The summed E-state index contributed by atoms with van der Waals surface area (Å²) in [4.78, 5) is 12.8. The number of aliphatic carboxylic acids is 1. The van der Waals surface area contributed by atoms with Gasteiger partial charge >= 0.3 is 5.97 Å². The molecule has 0 bridgehead atoms. The minimum absolute atomic E-state index is 0.139. The van der Waals surface area contributed by atoms with Gasteiger partial charge in [0.25, 0.3) is 0 Å². The van der Waals surface area contributed by atoms with E-state index in [1.807, 2.05) is 13.0 Å². The number of nitrogens with zero attached hydrogens (tertiary/aromatic N) is 1. The van der Waals surface area contributed by atoms with E-state index < -0.39 is 5.97 Å². The topological polar surface area (TPSA) is 40.5 Å². The van der Waals surface area contributed by atoms with Crippen LogP contribution in [0.25, 0.3) is 0 Å². The van der Waals surface area contributed by atoms with Gasteiger partial charge in [0.2, 0.25) is 0 Å². The molecule has 0 aliphatic carbocycles. The minimum atomic E-state index is -0.773. The lowest BCUT2D eigenvalue weighted by molar-refractivity contribution is -0.136. The summed E-state index contributed by atoms with van der Waals surface area (Å²) >= 11 is 0. The first-order chi connectivity index (χ1) is 8.40. The zero-order chi connectivity index (χ0) is 13.7. The van der Waals surface area contributed by atoms with Crippen molar-refractivity contribution in [3.63, 3.8) is 0 Å². The van der Waals surface area contributed by atoms with Crippen molar-refractivity contribution in [3.8, 4) is 0 Å². The quantitative estimate of drug-likeness (QED) is 0.785. The lowest BCUT2D eigenvalue weighted by Crippen LogP contribution is -2.27. The van der Waals surface area contributed by atoms with Crippen LogP contribution in [0.2, 0.25) is 0 Å². The number of hydrogen-bond acceptors (Lipinski definition) is 2. The molecule has 0 aliphatic rings. The smallest absolute Gasteiger partial charge is 0.305 e. The van der Waals surface area contributed by atoms with E-state index >= 15 is 0 Å². The first-order valence-corrected chi connectivity index (χ1v) is 6.08. The van der Waals surface area contributed by atoms with Crippen molar-refractivity contribution in [2.75, 3.05) is 18.0 Å². The summed E-state index contributed by atoms with van der Waals surface area (Å²) in [6, 6.07) is 6.20. The number of carboxylic acids is 1. The summed E-state index contributed by atoms with van der Waals surface area (Å²) in [5.41, 5.74) is 4.54. The first-order valence-electron chi connectivity index (χ1n) is 6.08. The molecule has 0 radical (unpaired) electrons. The number of carbonyl (C=O) groups is 1. The van der Waals surface area contributed by atoms with Crippen molar-refractivity contribution in [2.45, 2.75) is 27.2 Å². The fraction of sp³-hybridized carbons (Fsp3) is 0.400. The van der Waals surface area contributed by atoms with Crippen LogP contribution in [0, 0.1) is 13.8 Å². The first kappa shape index (κ1) is 14.3. The van der Waals surface area contributed by atoms with E-state index in [1.165, 1.54) is 11.1 Å². The predicted octanol–water partition coefficient (Wildman–Crippen LogP) is 3.16. The Morgan fingerprint density at radius 2 is 2.00 bits per heavy atom. The van der Waals surface area contributed by atoms with Crippen LogP contribution in [0.1, 0.15) is 24.5 Å². The van der Waals surface area contributed by atoms with Crippen LogP contribution in [0.4, 0.5) is 5.69 Å². The van der Waals surface area contributed by atoms with E-state index in [0.717, 1.165) is 11.3 Å². The maximum absolute atomic E-state index is 10.7. The molecule has 0 saturated carbocycles. The second kappa shape index (κ2) is 6.24. The van der Waals surface area contributed by atoms with Crippen LogP contribution >= 0.6 is 0 Å². The van der Waals surface area contributed by atoms with Crippen molar-refractivity contribution in [2.24, 2.45) is 0 Å². The largest absolute Gasteiger partial charge is 0.481 e. The molecule has 0 spiro atoms. The Balaban J connectivity index is 2.89. The molecule has 1 rings (SSSR count). The average Bonchev–Trinajstić information content (AvgIpc) is 2.27. The second-order valence-corrected chi connectivity index (χ2v) is 4.79. The highest BCUT2D eigenvalue weighted by Gasteiger charge is 2.09.